The quantitative estimate of drug-likeness (QED) is 0.757. The molecule has 0 saturated carbocycles. The minimum absolute atomic E-state index is 0.471. The molecule has 0 N–H and O–H groups in total. The molecule has 0 aliphatic heterocycles. The van der Waals surface area contributed by atoms with Crippen LogP contribution in [0.5, 0.6) is 11.6 Å². The van der Waals surface area contributed by atoms with Gasteiger partial charge in [-0.1, -0.05) is 31.2 Å². The Morgan fingerprint density at radius 2 is 2.00 bits per heavy atom. The molecule has 1 heterocycles. The van der Waals surface area contributed by atoms with Gasteiger partial charge in [0.1, 0.15) is 5.75 Å². The summed E-state index contributed by atoms with van der Waals surface area (Å²) in [5, 5.41) is 0. The average molecular weight is 248 g/mol. The molecule has 0 unspecified atom stereocenters. The topological polar surface area (TPSA) is 22.1 Å². The van der Waals surface area contributed by atoms with E-state index in [0.717, 1.165) is 17.7 Å². The van der Waals surface area contributed by atoms with Gasteiger partial charge in [0.25, 0.3) is 0 Å². The smallest absolute Gasteiger partial charge is 0.219 e. The number of nitrogens with zero attached hydrogens (tertiary/aromatic N) is 1. The van der Waals surface area contributed by atoms with E-state index in [-0.39, 0.29) is 0 Å². The lowest BCUT2D eigenvalue weighted by Gasteiger charge is -2.08. The van der Waals surface area contributed by atoms with Crippen molar-refractivity contribution in [3.05, 3.63) is 53.7 Å². The second kappa shape index (κ2) is 5.69. The summed E-state index contributed by atoms with van der Waals surface area (Å²) in [4.78, 5) is 4.21. The van der Waals surface area contributed by atoms with Crippen molar-refractivity contribution in [2.75, 3.05) is 0 Å². The third-order valence-electron chi connectivity index (χ3n) is 2.52. The van der Waals surface area contributed by atoms with Gasteiger partial charge >= 0.3 is 0 Å². The first-order valence-corrected chi connectivity index (χ1v) is 6.13. The van der Waals surface area contributed by atoms with Crippen molar-refractivity contribution in [2.45, 2.75) is 19.2 Å². The predicted octanol–water partition coefficient (Wildman–Crippen LogP) is 4.18. The fourth-order valence-corrected chi connectivity index (χ4v) is 1.72. The highest BCUT2D eigenvalue weighted by atomic mass is 35.5. The van der Waals surface area contributed by atoms with Gasteiger partial charge in [0.2, 0.25) is 5.88 Å². The van der Waals surface area contributed by atoms with E-state index in [1.54, 1.807) is 6.20 Å². The van der Waals surface area contributed by atoms with Gasteiger partial charge in [0.15, 0.2) is 0 Å². The zero-order chi connectivity index (χ0) is 12.1. The van der Waals surface area contributed by atoms with Crippen LogP contribution in [0.2, 0.25) is 0 Å². The molecular weight excluding hydrogens is 234 g/mol. The SMILES string of the molecule is CCc1ccccc1Oc1ccc(CCl)cn1. The zero-order valence-electron chi connectivity index (χ0n) is 9.69. The molecule has 88 valence electrons. The Morgan fingerprint density at radius 3 is 2.65 bits per heavy atom. The highest BCUT2D eigenvalue weighted by Gasteiger charge is 2.03. The van der Waals surface area contributed by atoms with Crippen LogP contribution in [0.25, 0.3) is 0 Å². The number of alkyl halides is 1. The largest absolute Gasteiger partial charge is 0.439 e. The number of ether oxygens (including phenoxy) is 1. The molecule has 2 nitrogen and oxygen atoms in total. The van der Waals surface area contributed by atoms with Gasteiger partial charge in [-0.05, 0) is 23.6 Å². The average Bonchev–Trinajstić information content (AvgIpc) is 2.40. The molecule has 0 bridgehead atoms. The van der Waals surface area contributed by atoms with Gasteiger partial charge in [-0.3, -0.25) is 0 Å². The Bertz CT molecular complexity index is 482. The summed E-state index contributed by atoms with van der Waals surface area (Å²) in [6, 6.07) is 11.7. The van der Waals surface area contributed by atoms with E-state index in [1.165, 1.54) is 5.56 Å². The van der Waals surface area contributed by atoms with Crippen LogP contribution in [0, 0.1) is 0 Å². The lowest BCUT2D eigenvalue weighted by molar-refractivity contribution is 0.457. The van der Waals surface area contributed by atoms with E-state index in [2.05, 4.69) is 18.0 Å². The molecule has 3 heteroatoms. The van der Waals surface area contributed by atoms with Gasteiger partial charge in [-0.2, -0.15) is 0 Å². The van der Waals surface area contributed by atoms with E-state index >= 15 is 0 Å². The van der Waals surface area contributed by atoms with Crippen LogP contribution in [0.3, 0.4) is 0 Å². The van der Waals surface area contributed by atoms with Crippen LogP contribution in [-0.2, 0) is 12.3 Å². The number of aryl methyl sites for hydroxylation is 1. The number of hydrogen-bond acceptors (Lipinski definition) is 2. The van der Waals surface area contributed by atoms with E-state index < -0.39 is 0 Å². The number of halogens is 1. The molecule has 0 radical (unpaired) electrons. The van der Waals surface area contributed by atoms with Crippen LogP contribution in [-0.4, -0.2) is 4.98 Å². The standard InChI is InChI=1S/C14H14ClNO/c1-2-12-5-3-4-6-13(12)17-14-8-7-11(9-15)10-16-14/h3-8,10H,2,9H2,1H3. The van der Waals surface area contributed by atoms with E-state index in [0.29, 0.717) is 11.8 Å². The Labute approximate surface area is 106 Å². The van der Waals surface area contributed by atoms with Crippen molar-refractivity contribution in [1.82, 2.24) is 4.98 Å². The van der Waals surface area contributed by atoms with Gasteiger partial charge in [0.05, 0.1) is 0 Å². The van der Waals surface area contributed by atoms with Crippen molar-refractivity contribution in [2.24, 2.45) is 0 Å². The maximum Gasteiger partial charge on any atom is 0.219 e. The number of aromatic nitrogens is 1. The Morgan fingerprint density at radius 1 is 1.18 bits per heavy atom. The van der Waals surface area contributed by atoms with E-state index in [4.69, 9.17) is 16.3 Å². The minimum Gasteiger partial charge on any atom is -0.439 e. The highest BCUT2D eigenvalue weighted by Crippen LogP contribution is 2.24. The summed E-state index contributed by atoms with van der Waals surface area (Å²) >= 11 is 5.71. The van der Waals surface area contributed by atoms with Crippen molar-refractivity contribution in [3.63, 3.8) is 0 Å². The first kappa shape index (κ1) is 11.9. The molecule has 0 spiro atoms. The summed E-state index contributed by atoms with van der Waals surface area (Å²) < 4.78 is 5.75. The molecule has 2 aromatic rings. The molecule has 0 fully saturated rings. The maximum absolute atomic E-state index is 5.75. The van der Waals surface area contributed by atoms with Crippen molar-refractivity contribution >= 4 is 11.6 Å². The number of rotatable bonds is 4. The van der Waals surface area contributed by atoms with Crippen LogP contribution < -0.4 is 4.74 Å². The molecule has 0 aliphatic carbocycles. The lowest BCUT2D eigenvalue weighted by atomic mass is 10.1. The molecule has 17 heavy (non-hydrogen) atoms. The number of pyridine rings is 1. The first-order chi connectivity index (χ1) is 8.33. The molecule has 1 aromatic carbocycles. The summed E-state index contributed by atoms with van der Waals surface area (Å²) in [6.07, 6.45) is 2.67. The third kappa shape index (κ3) is 2.98. The maximum atomic E-state index is 5.75. The highest BCUT2D eigenvalue weighted by molar-refractivity contribution is 6.17. The Kier molecular flexibility index (Phi) is 3.99. The van der Waals surface area contributed by atoms with Crippen LogP contribution in [0.1, 0.15) is 18.1 Å². The zero-order valence-corrected chi connectivity index (χ0v) is 10.4. The first-order valence-electron chi connectivity index (χ1n) is 5.60. The van der Waals surface area contributed by atoms with Crippen molar-refractivity contribution < 1.29 is 4.74 Å². The van der Waals surface area contributed by atoms with Crippen LogP contribution in [0.15, 0.2) is 42.6 Å². The predicted molar refractivity (Wildman–Crippen MR) is 69.7 cm³/mol. The van der Waals surface area contributed by atoms with Crippen molar-refractivity contribution in [3.8, 4) is 11.6 Å². The minimum atomic E-state index is 0.471. The van der Waals surface area contributed by atoms with Gasteiger partial charge in [-0.25, -0.2) is 4.98 Å². The van der Waals surface area contributed by atoms with Crippen molar-refractivity contribution in [1.29, 1.82) is 0 Å². The summed E-state index contributed by atoms with van der Waals surface area (Å²) in [7, 11) is 0. The second-order valence-electron chi connectivity index (χ2n) is 3.70. The number of benzene rings is 1. The molecule has 0 amide bonds. The number of hydrogen-bond donors (Lipinski definition) is 0. The molecule has 0 atom stereocenters. The molecule has 0 saturated heterocycles. The van der Waals surface area contributed by atoms with E-state index in [1.807, 2.05) is 30.3 Å². The van der Waals surface area contributed by atoms with Gasteiger partial charge in [0, 0.05) is 18.1 Å². The fraction of sp³-hybridized carbons (Fsp3) is 0.214. The molecule has 2 rings (SSSR count). The monoisotopic (exact) mass is 247 g/mol. The summed E-state index contributed by atoms with van der Waals surface area (Å²) in [6.45, 7) is 2.10. The van der Waals surface area contributed by atoms with E-state index in [9.17, 15) is 0 Å². The molecule has 0 aliphatic rings. The van der Waals surface area contributed by atoms with Gasteiger partial charge in [-0.15, -0.1) is 11.6 Å². The Balaban J connectivity index is 2.19. The summed E-state index contributed by atoms with van der Waals surface area (Å²) in [5.41, 5.74) is 2.17. The summed E-state index contributed by atoms with van der Waals surface area (Å²) in [5.74, 6) is 1.93. The Hall–Kier alpha value is -1.54. The molecule has 1 aromatic heterocycles. The van der Waals surface area contributed by atoms with Crippen LogP contribution >= 0.6 is 11.6 Å². The second-order valence-corrected chi connectivity index (χ2v) is 3.97. The number of para-hydroxylation sites is 1. The van der Waals surface area contributed by atoms with Gasteiger partial charge < -0.3 is 4.74 Å². The normalized spacial score (nSPS) is 10.2. The third-order valence-corrected chi connectivity index (χ3v) is 2.83. The van der Waals surface area contributed by atoms with Crippen LogP contribution in [0.4, 0.5) is 0 Å². The molecular formula is C14H14ClNO. The lowest BCUT2D eigenvalue weighted by Crippen LogP contribution is -1.92. The fourth-order valence-electron chi connectivity index (χ4n) is 1.56.